The van der Waals surface area contributed by atoms with Crippen LogP contribution in [0.1, 0.15) is 0 Å². The molecule has 6 nitrogen and oxygen atoms in total. The van der Waals surface area contributed by atoms with Crippen molar-refractivity contribution < 1.29 is 13.2 Å². The second kappa shape index (κ2) is 4.80. The van der Waals surface area contributed by atoms with Crippen molar-refractivity contribution >= 4 is 16.1 Å². The van der Waals surface area contributed by atoms with Gasteiger partial charge in [0.1, 0.15) is 0 Å². The van der Waals surface area contributed by atoms with Crippen LogP contribution in [0.4, 0.5) is 4.79 Å². The van der Waals surface area contributed by atoms with Crippen LogP contribution in [0.25, 0.3) is 0 Å². The van der Waals surface area contributed by atoms with Crippen molar-refractivity contribution in [1.82, 2.24) is 14.5 Å². The lowest BCUT2D eigenvalue weighted by Crippen LogP contribution is -2.52. The molecule has 0 aromatic heterocycles. The third-order valence-electron chi connectivity index (χ3n) is 2.27. The summed E-state index contributed by atoms with van der Waals surface area (Å²) >= 11 is 0. The molecule has 1 saturated heterocycles. The summed E-state index contributed by atoms with van der Waals surface area (Å²) in [5.74, 6) is 0. The topological polar surface area (TPSA) is 69.7 Å². The summed E-state index contributed by atoms with van der Waals surface area (Å²) in [5, 5.41) is 2.58. The standard InChI is InChI=1S/C8H16N3O3S/c1-3-9-8(12)10-4-6-11(7-5-10)15(2,13)14/h1,3-7H2,2H3,(H,9,12). The van der Waals surface area contributed by atoms with Gasteiger partial charge in [0.2, 0.25) is 10.0 Å². The molecule has 1 aliphatic heterocycles. The summed E-state index contributed by atoms with van der Waals surface area (Å²) in [5.41, 5.74) is 0. The first-order chi connectivity index (χ1) is 6.95. The van der Waals surface area contributed by atoms with E-state index in [9.17, 15) is 13.2 Å². The molecule has 0 unspecified atom stereocenters. The minimum atomic E-state index is -3.12. The lowest BCUT2D eigenvalue weighted by molar-refractivity contribution is 0.173. The molecule has 0 spiro atoms. The van der Waals surface area contributed by atoms with Crippen molar-refractivity contribution in [1.29, 1.82) is 0 Å². The van der Waals surface area contributed by atoms with Gasteiger partial charge in [-0.15, -0.1) is 0 Å². The van der Waals surface area contributed by atoms with E-state index in [-0.39, 0.29) is 6.03 Å². The zero-order chi connectivity index (χ0) is 11.5. The highest BCUT2D eigenvalue weighted by molar-refractivity contribution is 7.88. The van der Waals surface area contributed by atoms with Gasteiger partial charge in [-0.3, -0.25) is 0 Å². The number of carbonyl (C=O) groups excluding carboxylic acids is 1. The molecule has 1 rings (SSSR count). The van der Waals surface area contributed by atoms with Gasteiger partial charge in [-0.25, -0.2) is 13.2 Å². The summed E-state index contributed by atoms with van der Waals surface area (Å²) in [6, 6.07) is -0.182. The van der Waals surface area contributed by atoms with Gasteiger partial charge in [0, 0.05) is 32.7 Å². The molecule has 87 valence electrons. The Balaban J connectivity index is 2.46. The van der Waals surface area contributed by atoms with E-state index in [0.29, 0.717) is 32.7 Å². The predicted molar refractivity (Wildman–Crippen MR) is 56.7 cm³/mol. The van der Waals surface area contributed by atoms with Crippen LogP contribution in [0.2, 0.25) is 0 Å². The number of sulfonamides is 1. The fourth-order valence-electron chi connectivity index (χ4n) is 1.44. The van der Waals surface area contributed by atoms with E-state index in [1.165, 1.54) is 10.6 Å². The summed E-state index contributed by atoms with van der Waals surface area (Å²) < 4.78 is 23.7. The number of rotatable bonds is 2. The Bertz CT molecular complexity index is 320. The Hall–Kier alpha value is -0.820. The van der Waals surface area contributed by atoms with Gasteiger partial charge in [0.15, 0.2) is 0 Å². The fourth-order valence-corrected chi connectivity index (χ4v) is 2.27. The minimum Gasteiger partial charge on any atom is -0.338 e. The number of hydrogen-bond donors (Lipinski definition) is 1. The Morgan fingerprint density at radius 2 is 1.87 bits per heavy atom. The summed E-state index contributed by atoms with van der Waals surface area (Å²) in [6.45, 7) is 5.44. The highest BCUT2D eigenvalue weighted by Crippen LogP contribution is 2.05. The largest absolute Gasteiger partial charge is 0.338 e. The molecule has 2 amide bonds. The number of urea groups is 1. The highest BCUT2D eigenvalue weighted by Gasteiger charge is 2.25. The maximum Gasteiger partial charge on any atom is 0.317 e. The van der Waals surface area contributed by atoms with E-state index >= 15 is 0 Å². The van der Waals surface area contributed by atoms with E-state index < -0.39 is 10.0 Å². The molecule has 1 radical (unpaired) electrons. The Morgan fingerprint density at radius 3 is 2.27 bits per heavy atom. The van der Waals surface area contributed by atoms with E-state index in [2.05, 4.69) is 12.2 Å². The second-order valence-electron chi connectivity index (χ2n) is 3.38. The van der Waals surface area contributed by atoms with Crippen LogP contribution in [0.15, 0.2) is 0 Å². The van der Waals surface area contributed by atoms with Gasteiger partial charge in [0.25, 0.3) is 0 Å². The maximum absolute atomic E-state index is 11.4. The van der Waals surface area contributed by atoms with Gasteiger partial charge in [-0.2, -0.15) is 4.31 Å². The van der Waals surface area contributed by atoms with Crippen molar-refractivity contribution in [2.24, 2.45) is 0 Å². The zero-order valence-electron chi connectivity index (χ0n) is 8.77. The molecule has 0 aromatic carbocycles. The van der Waals surface area contributed by atoms with Gasteiger partial charge in [0.05, 0.1) is 6.26 Å². The van der Waals surface area contributed by atoms with E-state index in [4.69, 9.17) is 0 Å². The number of amides is 2. The first kappa shape index (κ1) is 12.3. The molecule has 0 atom stereocenters. The molecule has 0 bridgehead atoms. The zero-order valence-corrected chi connectivity index (χ0v) is 9.59. The first-order valence-corrected chi connectivity index (χ1v) is 6.57. The van der Waals surface area contributed by atoms with Crippen LogP contribution in [-0.2, 0) is 10.0 Å². The number of nitrogens with zero attached hydrogens (tertiary/aromatic N) is 2. The number of nitrogens with one attached hydrogen (secondary N) is 1. The van der Waals surface area contributed by atoms with Crippen LogP contribution >= 0.6 is 0 Å². The Labute approximate surface area is 90.3 Å². The van der Waals surface area contributed by atoms with Gasteiger partial charge >= 0.3 is 6.03 Å². The summed E-state index contributed by atoms with van der Waals surface area (Å²) in [6.07, 6.45) is 1.18. The number of hydrogen-bond acceptors (Lipinski definition) is 3. The second-order valence-corrected chi connectivity index (χ2v) is 5.36. The van der Waals surface area contributed by atoms with Gasteiger partial charge in [-0.1, -0.05) is 0 Å². The van der Waals surface area contributed by atoms with E-state index in [1.54, 1.807) is 4.90 Å². The van der Waals surface area contributed by atoms with Crippen LogP contribution in [0.5, 0.6) is 0 Å². The van der Waals surface area contributed by atoms with Crippen molar-refractivity contribution in [3.8, 4) is 0 Å². The monoisotopic (exact) mass is 234 g/mol. The molecule has 7 heteroatoms. The van der Waals surface area contributed by atoms with Crippen LogP contribution < -0.4 is 5.32 Å². The maximum atomic E-state index is 11.4. The average Bonchev–Trinajstić information content (AvgIpc) is 2.17. The molecule has 1 N–H and O–H groups in total. The van der Waals surface area contributed by atoms with Crippen LogP contribution in [0, 0.1) is 6.92 Å². The van der Waals surface area contributed by atoms with Crippen molar-refractivity contribution in [3.63, 3.8) is 0 Å². The molecular weight excluding hydrogens is 218 g/mol. The summed E-state index contributed by atoms with van der Waals surface area (Å²) in [7, 11) is -3.12. The molecule has 1 heterocycles. The van der Waals surface area contributed by atoms with E-state index in [1.807, 2.05) is 0 Å². The first-order valence-electron chi connectivity index (χ1n) is 4.72. The molecule has 15 heavy (non-hydrogen) atoms. The van der Waals surface area contributed by atoms with Crippen molar-refractivity contribution in [2.45, 2.75) is 0 Å². The quantitative estimate of drug-likeness (QED) is 0.673. The molecule has 0 saturated carbocycles. The van der Waals surface area contributed by atoms with Crippen molar-refractivity contribution in [2.75, 3.05) is 39.0 Å². The van der Waals surface area contributed by atoms with E-state index in [0.717, 1.165) is 0 Å². The minimum absolute atomic E-state index is 0.182. The smallest absolute Gasteiger partial charge is 0.317 e. The molecule has 0 aliphatic carbocycles. The molecule has 0 aromatic rings. The highest BCUT2D eigenvalue weighted by atomic mass is 32.2. The third kappa shape index (κ3) is 3.35. The Morgan fingerprint density at radius 1 is 1.33 bits per heavy atom. The van der Waals surface area contributed by atoms with Gasteiger partial charge in [-0.05, 0) is 6.92 Å². The van der Waals surface area contributed by atoms with Gasteiger partial charge < -0.3 is 10.2 Å². The van der Waals surface area contributed by atoms with Crippen LogP contribution in [-0.4, -0.2) is 62.6 Å². The number of piperazine rings is 1. The molecular formula is C8H16N3O3S. The number of carbonyl (C=O) groups is 1. The Kier molecular flexibility index (Phi) is 3.92. The normalized spacial score (nSPS) is 18.9. The SMILES string of the molecule is [CH2]CNC(=O)N1CCN(S(C)(=O)=O)CC1. The van der Waals surface area contributed by atoms with Crippen molar-refractivity contribution in [3.05, 3.63) is 6.92 Å². The van der Waals surface area contributed by atoms with Crippen LogP contribution in [0.3, 0.4) is 0 Å². The fraction of sp³-hybridized carbons (Fsp3) is 0.750. The molecule has 1 fully saturated rings. The predicted octanol–water partition coefficient (Wildman–Crippen LogP) is -0.893. The lowest BCUT2D eigenvalue weighted by atomic mass is 10.4. The average molecular weight is 234 g/mol. The summed E-state index contributed by atoms with van der Waals surface area (Å²) in [4.78, 5) is 13.0. The third-order valence-corrected chi connectivity index (χ3v) is 3.57. The molecule has 1 aliphatic rings. The lowest BCUT2D eigenvalue weighted by Gasteiger charge is -2.33.